The molecule has 164 valence electrons. The van der Waals surface area contributed by atoms with Gasteiger partial charge in [0.15, 0.2) is 0 Å². The molecule has 0 atom stereocenters. The molecule has 0 radical (unpaired) electrons. The molecule has 35 heavy (non-hydrogen) atoms. The van der Waals surface area contributed by atoms with E-state index in [1.165, 1.54) is 0 Å². The Hall–Kier alpha value is -4.99. The zero-order chi connectivity index (χ0) is 24.2. The molecule has 0 N–H and O–H groups in total. The highest BCUT2D eigenvalue weighted by molar-refractivity contribution is 6.03. The van der Waals surface area contributed by atoms with Crippen LogP contribution < -0.4 is 0 Å². The maximum atomic E-state index is 15.7. The van der Waals surface area contributed by atoms with E-state index in [1.54, 1.807) is 0 Å². The molecule has 5 rings (SSSR count). The molecule has 0 amide bonds. The summed E-state index contributed by atoms with van der Waals surface area (Å²) in [7, 11) is 0. The largest absolute Gasteiger partial charge is 0.234 e. The summed E-state index contributed by atoms with van der Waals surface area (Å²) in [6.07, 6.45) is 0. The normalized spacial score (nSPS) is 10.4. The molecule has 0 fully saturated rings. The van der Waals surface area contributed by atoms with Crippen LogP contribution in [0.15, 0.2) is 115 Å². The second kappa shape index (κ2) is 9.48. The fourth-order valence-corrected chi connectivity index (χ4v) is 4.44. The van der Waals surface area contributed by atoms with Crippen LogP contribution in [0.4, 0.5) is 10.1 Å². The van der Waals surface area contributed by atoms with E-state index in [-0.39, 0.29) is 11.3 Å². The minimum atomic E-state index is -0.787. The smallest absolute Gasteiger partial charge is 0.231 e. The second-order valence-corrected chi connectivity index (χ2v) is 8.06. The number of rotatable bonds is 4. The summed E-state index contributed by atoms with van der Waals surface area (Å²) in [4.78, 5) is 3.57. The van der Waals surface area contributed by atoms with Crippen LogP contribution >= 0.6 is 0 Å². The Morgan fingerprint density at radius 3 is 1.43 bits per heavy atom. The molecule has 0 aliphatic carbocycles. The molecule has 0 aromatic heterocycles. The van der Waals surface area contributed by atoms with Crippen LogP contribution in [0.5, 0.6) is 0 Å². The van der Waals surface area contributed by atoms with Gasteiger partial charge in [0.1, 0.15) is 11.9 Å². The number of benzene rings is 5. The molecule has 0 bridgehead atoms. The predicted octanol–water partition coefficient (Wildman–Crippen LogP) is 8.92. The van der Waals surface area contributed by atoms with Gasteiger partial charge in [0.25, 0.3) is 0 Å². The molecule has 0 unspecified atom stereocenters. The number of hydrogen-bond acceptors (Lipinski definition) is 1. The van der Waals surface area contributed by atoms with Gasteiger partial charge in [-0.25, -0.2) is 9.24 Å². The minimum Gasteiger partial charge on any atom is -0.234 e. The van der Waals surface area contributed by atoms with Gasteiger partial charge in [-0.1, -0.05) is 115 Å². The van der Waals surface area contributed by atoms with Crippen molar-refractivity contribution >= 4 is 5.69 Å². The topological polar surface area (TPSA) is 28.1 Å². The van der Waals surface area contributed by atoms with E-state index in [9.17, 15) is 5.26 Å². The minimum absolute atomic E-state index is 0.121. The van der Waals surface area contributed by atoms with Crippen LogP contribution in [0.25, 0.3) is 49.4 Å². The number of nitriles is 1. The first-order valence-corrected chi connectivity index (χ1v) is 11.2. The third kappa shape index (κ3) is 3.97. The zero-order valence-corrected chi connectivity index (χ0v) is 18.7. The molecule has 0 saturated carbocycles. The van der Waals surface area contributed by atoms with E-state index in [2.05, 4.69) is 4.85 Å². The molecular weight excluding hydrogens is 431 g/mol. The standard InChI is InChI=1S/C32H19FN2/c1-35-32-30(25-15-9-4-10-16-25)29(26-19-17-23(18-20-26)22-11-5-2-6-12-22)28(27(21-34)31(32)33)24-13-7-3-8-14-24/h2-20H. The van der Waals surface area contributed by atoms with E-state index in [1.807, 2.05) is 121 Å². The number of halogens is 1. The van der Waals surface area contributed by atoms with Gasteiger partial charge in [0.2, 0.25) is 5.69 Å². The van der Waals surface area contributed by atoms with Gasteiger partial charge >= 0.3 is 0 Å². The van der Waals surface area contributed by atoms with Crippen molar-refractivity contribution in [2.45, 2.75) is 0 Å². The quantitative estimate of drug-likeness (QED) is 0.251. The van der Waals surface area contributed by atoms with Crippen molar-refractivity contribution in [2.75, 3.05) is 0 Å². The predicted molar refractivity (Wildman–Crippen MR) is 139 cm³/mol. The van der Waals surface area contributed by atoms with Crippen molar-refractivity contribution in [1.82, 2.24) is 0 Å². The molecule has 0 aliphatic rings. The first-order valence-electron chi connectivity index (χ1n) is 11.2. The summed E-state index contributed by atoms with van der Waals surface area (Å²) < 4.78 is 15.7. The summed E-state index contributed by atoms with van der Waals surface area (Å²) in [5, 5.41) is 10.0. The summed E-state index contributed by atoms with van der Waals surface area (Å²) in [5.74, 6) is -0.787. The fourth-order valence-electron chi connectivity index (χ4n) is 4.44. The van der Waals surface area contributed by atoms with Crippen LogP contribution in [-0.4, -0.2) is 0 Å². The zero-order valence-electron chi connectivity index (χ0n) is 18.7. The molecule has 0 heterocycles. The van der Waals surface area contributed by atoms with Crippen molar-refractivity contribution in [3.05, 3.63) is 138 Å². The molecule has 5 aromatic rings. The Labute approximate surface area is 204 Å². The SMILES string of the molecule is [C-]#[N+]c1c(F)c(C#N)c(-c2ccccc2)c(-c2ccc(-c3ccccc3)cc2)c1-c1ccccc1. The molecular formula is C32H19FN2. The summed E-state index contributed by atoms with van der Waals surface area (Å²) in [6, 6.07) is 38.8. The maximum Gasteiger partial charge on any atom is 0.231 e. The van der Waals surface area contributed by atoms with Crippen LogP contribution in [0.2, 0.25) is 0 Å². The second-order valence-electron chi connectivity index (χ2n) is 8.06. The average Bonchev–Trinajstić information content (AvgIpc) is 2.94. The van der Waals surface area contributed by atoms with Gasteiger partial charge in [-0.05, 0) is 38.9 Å². The summed E-state index contributed by atoms with van der Waals surface area (Å²) in [6.45, 7) is 7.80. The molecule has 0 spiro atoms. The third-order valence-electron chi connectivity index (χ3n) is 6.04. The van der Waals surface area contributed by atoms with E-state index in [0.29, 0.717) is 16.7 Å². The van der Waals surface area contributed by atoms with Gasteiger partial charge in [0, 0.05) is 5.56 Å². The first kappa shape index (κ1) is 21.8. The van der Waals surface area contributed by atoms with E-state index < -0.39 is 5.82 Å². The van der Waals surface area contributed by atoms with Crippen LogP contribution in [0.1, 0.15) is 5.56 Å². The maximum absolute atomic E-state index is 15.7. The van der Waals surface area contributed by atoms with E-state index in [4.69, 9.17) is 6.57 Å². The molecule has 0 aliphatic heterocycles. The molecule has 3 heteroatoms. The van der Waals surface area contributed by atoms with Crippen molar-refractivity contribution in [3.8, 4) is 50.6 Å². The Morgan fingerprint density at radius 1 is 0.543 bits per heavy atom. The van der Waals surface area contributed by atoms with E-state index in [0.717, 1.165) is 27.8 Å². The lowest BCUT2D eigenvalue weighted by atomic mass is 9.83. The number of nitrogens with zero attached hydrogens (tertiary/aromatic N) is 2. The van der Waals surface area contributed by atoms with Gasteiger partial charge in [-0.2, -0.15) is 5.26 Å². The van der Waals surface area contributed by atoms with Gasteiger partial charge in [-0.3, -0.25) is 0 Å². The van der Waals surface area contributed by atoms with Crippen molar-refractivity contribution < 1.29 is 4.39 Å². The van der Waals surface area contributed by atoms with Crippen LogP contribution in [0.3, 0.4) is 0 Å². The lowest BCUT2D eigenvalue weighted by Crippen LogP contribution is -1.99. The fraction of sp³-hybridized carbons (Fsp3) is 0. The summed E-state index contributed by atoms with van der Waals surface area (Å²) in [5.41, 5.74) is 5.77. The molecule has 2 nitrogen and oxygen atoms in total. The number of hydrogen-bond donors (Lipinski definition) is 0. The monoisotopic (exact) mass is 450 g/mol. The molecule has 0 saturated heterocycles. The molecule has 5 aromatic carbocycles. The van der Waals surface area contributed by atoms with E-state index >= 15 is 4.39 Å². The highest BCUT2D eigenvalue weighted by Gasteiger charge is 2.27. The lowest BCUT2D eigenvalue weighted by molar-refractivity contribution is 0.631. The highest BCUT2D eigenvalue weighted by Crippen LogP contribution is 2.49. The summed E-state index contributed by atoms with van der Waals surface area (Å²) >= 11 is 0. The van der Waals surface area contributed by atoms with Gasteiger partial charge < -0.3 is 0 Å². The first-order chi connectivity index (χ1) is 17.2. The Morgan fingerprint density at radius 2 is 0.943 bits per heavy atom. The highest BCUT2D eigenvalue weighted by atomic mass is 19.1. The van der Waals surface area contributed by atoms with Crippen molar-refractivity contribution in [2.24, 2.45) is 0 Å². The van der Waals surface area contributed by atoms with Crippen LogP contribution in [-0.2, 0) is 0 Å². The van der Waals surface area contributed by atoms with Crippen molar-refractivity contribution in [1.29, 1.82) is 5.26 Å². The van der Waals surface area contributed by atoms with Gasteiger partial charge in [0.05, 0.1) is 12.1 Å². The third-order valence-corrected chi connectivity index (χ3v) is 6.04. The Bertz CT molecular complexity index is 1500. The lowest BCUT2D eigenvalue weighted by Gasteiger charge is -2.20. The Kier molecular flexibility index (Phi) is 5.91. The van der Waals surface area contributed by atoms with Crippen molar-refractivity contribution in [3.63, 3.8) is 0 Å². The van der Waals surface area contributed by atoms with Crippen LogP contribution in [0, 0.1) is 23.7 Å². The average molecular weight is 451 g/mol. The van der Waals surface area contributed by atoms with Gasteiger partial charge in [-0.15, -0.1) is 0 Å². The Balaban J connectivity index is 1.88.